The van der Waals surface area contributed by atoms with Gasteiger partial charge in [0.25, 0.3) is 0 Å². The highest BCUT2D eigenvalue weighted by molar-refractivity contribution is 7.91. The summed E-state index contributed by atoms with van der Waals surface area (Å²) >= 11 is 0. The number of hydrogen-bond donors (Lipinski definition) is 1. The van der Waals surface area contributed by atoms with E-state index < -0.39 is 9.84 Å². The second-order valence-corrected chi connectivity index (χ2v) is 7.83. The van der Waals surface area contributed by atoms with Crippen LogP contribution in [0.5, 0.6) is 0 Å². The van der Waals surface area contributed by atoms with Crippen molar-refractivity contribution in [3.63, 3.8) is 0 Å². The Morgan fingerprint density at radius 2 is 2.00 bits per heavy atom. The van der Waals surface area contributed by atoms with Gasteiger partial charge in [0.2, 0.25) is 0 Å². The Hall–Kier alpha value is -1.56. The highest BCUT2D eigenvalue weighted by atomic mass is 32.2. The van der Waals surface area contributed by atoms with Crippen molar-refractivity contribution in [2.45, 2.75) is 31.6 Å². The third-order valence-corrected chi connectivity index (χ3v) is 5.54. The zero-order valence-electron chi connectivity index (χ0n) is 12.5. The van der Waals surface area contributed by atoms with Gasteiger partial charge in [-0.3, -0.25) is 0 Å². The fourth-order valence-corrected chi connectivity index (χ4v) is 3.37. The molecule has 2 rings (SSSR count). The molecule has 0 radical (unpaired) electrons. The van der Waals surface area contributed by atoms with Crippen LogP contribution in [0.2, 0.25) is 0 Å². The van der Waals surface area contributed by atoms with Gasteiger partial charge in [-0.15, -0.1) is 0 Å². The molecule has 6 heteroatoms. The largest absolute Gasteiger partial charge is 0.324 e. The molecule has 1 aliphatic heterocycles. The van der Waals surface area contributed by atoms with Gasteiger partial charge in [0.15, 0.2) is 9.84 Å². The predicted octanol–water partition coefficient (Wildman–Crippen LogP) is 2.74. The van der Waals surface area contributed by atoms with Gasteiger partial charge >= 0.3 is 6.03 Å². The molecule has 1 heterocycles. The lowest BCUT2D eigenvalue weighted by molar-refractivity contribution is 0.182. The summed E-state index contributed by atoms with van der Waals surface area (Å²) in [6.07, 6.45) is 2.19. The molecule has 1 aromatic carbocycles. The maximum Gasteiger partial charge on any atom is 0.321 e. The van der Waals surface area contributed by atoms with E-state index >= 15 is 0 Å². The number of carbonyl (C=O) groups excluding carboxylic acids is 1. The highest BCUT2D eigenvalue weighted by Crippen LogP contribution is 2.18. The Balaban J connectivity index is 2.02. The minimum Gasteiger partial charge on any atom is -0.324 e. The number of piperidine rings is 1. The van der Waals surface area contributed by atoms with Crippen molar-refractivity contribution in [1.29, 1.82) is 0 Å². The third-order valence-electron chi connectivity index (χ3n) is 3.79. The van der Waals surface area contributed by atoms with Crippen LogP contribution in [-0.4, -0.2) is 38.2 Å². The molecule has 1 aliphatic rings. The molecule has 0 spiro atoms. The fourth-order valence-electron chi connectivity index (χ4n) is 2.49. The van der Waals surface area contributed by atoms with Crippen molar-refractivity contribution in [1.82, 2.24) is 4.90 Å². The average Bonchev–Trinajstić information content (AvgIpc) is 2.48. The average molecular weight is 310 g/mol. The number of anilines is 1. The smallest absolute Gasteiger partial charge is 0.321 e. The monoisotopic (exact) mass is 310 g/mol. The molecule has 5 nitrogen and oxygen atoms in total. The van der Waals surface area contributed by atoms with Gasteiger partial charge in [0.05, 0.1) is 10.6 Å². The van der Waals surface area contributed by atoms with Gasteiger partial charge in [-0.05, 0) is 43.0 Å². The van der Waals surface area contributed by atoms with Crippen LogP contribution < -0.4 is 5.32 Å². The Morgan fingerprint density at radius 3 is 2.57 bits per heavy atom. The molecule has 1 N–H and O–H groups in total. The minimum absolute atomic E-state index is 0.0738. The van der Waals surface area contributed by atoms with E-state index in [1.807, 2.05) is 4.90 Å². The van der Waals surface area contributed by atoms with Crippen molar-refractivity contribution in [2.24, 2.45) is 5.92 Å². The van der Waals surface area contributed by atoms with E-state index in [0.29, 0.717) is 11.6 Å². The Morgan fingerprint density at radius 1 is 1.33 bits per heavy atom. The van der Waals surface area contributed by atoms with E-state index in [0.717, 1.165) is 25.9 Å². The maximum atomic E-state index is 12.1. The lowest BCUT2D eigenvalue weighted by atomic mass is 10.0. The summed E-state index contributed by atoms with van der Waals surface area (Å²) in [5.41, 5.74) is 0.619. The number of hydrogen-bond acceptors (Lipinski definition) is 3. The molecule has 21 heavy (non-hydrogen) atoms. The third kappa shape index (κ3) is 3.97. The minimum atomic E-state index is -3.19. The number of nitrogens with one attached hydrogen (secondary N) is 1. The number of carbonyl (C=O) groups is 1. The Bertz CT molecular complexity index is 596. The van der Waals surface area contributed by atoms with E-state index in [-0.39, 0.29) is 16.7 Å². The number of urea groups is 1. The first-order chi connectivity index (χ1) is 9.92. The van der Waals surface area contributed by atoms with E-state index in [9.17, 15) is 13.2 Å². The number of nitrogens with zero attached hydrogens (tertiary/aromatic N) is 1. The quantitative estimate of drug-likeness (QED) is 0.933. The lowest BCUT2D eigenvalue weighted by Crippen LogP contribution is -2.41. The van der Waals surface area contributed by atoms with Gasteiger partial charge in [-0.2, -0.15) is 0 Å². The molecule has 1 saturated heterocycles. The number of benzene rings is 1. The summed E-state index contributed by atoms with van der Waals surface area (Å²) in [5.74, 6) is 0.603. The molecule has 0 saturated carbocycles. The topological polar surface area (TPSA) is 66.5 Å². The van der Waals surface area contributed by atoms with Crippen molar-refractivity contribution < 1.29 is 13.2 Å². The predicted molar refractivity (Wildman–Crippen MR) is 83.2 cm³/mol. The molecule has 2 amide bonds. The summed E-state index contributed by atoms with van der Waals surface area (Å²) in [6.45, 7) is 5.30. The number of rotatable bonds is 3. The zero-order chi connectivity index (χ0) is 15.5. The summed E-state index contributed by atoms with van der Waals surface area (Å²) in [7, 11) is -3.19. The molecule has 116 valence electrons. The standard InChI is InChI=1S/C15H22N2O3S/c1-3-21(19,20)14-8-6-13(7-9-14)16-15(18)17-10-4-5-12(2)11-17/h6-9,12H,3-5,10-11H2,1-2H3,(H,16,18)/t12-/m0/s1. The van der Waals surface area contributed by atoms with Crippen molar-refractivity contribution in [3.05, 3.63) is 24.3 Å². The Labute approximate surface area is 126 Å². The molecule has 1 atom stereocenters. The van der Waals surface area contributed by atoms with E-state index in [4.69, 9.17) is 0 Å². The van der Waals surface area contributed by atoms with Crippen LogP contribution in [0.15, 0.2) is 29.2 Å². The molecule has 0 aromatic heterocycles. The molecule has 0 aliphatic carbocycles. The van der Waals surface area contributed by atoms with E-state index in [2.05, 4.69) is 12.2 Å². The van der Waals surface area contributed by atoms with E-state index in [1.54, 1.807) is 19.1 Å². The molecule has 1 aromatic rings. The summed E-state index contributed by atoms with van der Waals surface area (Å²) < 4.78 is 23.4. The SMILES string of the molecule is CCS(=O)(=O)c1ccc(NC(=O)N2CCC[C@H](C)C2)cc1. The van der Waals surface area contributed by atoms with Crippen LogP contribution in [0.1, 0.15) is 26.7 Å². The van der Waals surface area contributed by atoms with Gasteiger partial charge in [-0.25, -0.2) is 13.2 Å². The lowest BCUT2D eigenvalue weighted by Gasteiger charge is -2.30. The molecular weight excluding hydrogens is 288 g/mol. The van der Waals surface area contributed by atoms with Gasteiger partial charge in [-0.1, -0.05) is 13.8 Å². The molecule has 0 bridgehead atoms. The second-order valence-electron chi connectivity index (χ2n) is 5.55. The van der Waals surface area contributed by atoms with Crippen LogP contribution in [0.25, 0.3) is 0 Å². The van der Waals surface area contributed by atoms with Gasteiger partial charge < -0.3 is 10.2 Å². The van der Waals surface area contributed by atoms with Crippen LogP contribution in [0.3, 0.4) is 0 Å². The first kappa shape index (κ1) is 15.8. The Kier molecular flexibility index (Phi) is 4.88. The number of likely N-dealkylation sites (tertiary alicyclic amines) is 1. The van der Waals surface area contributed by atoms with Crippen molar-refractivity contribution in [3.8, 4) is 0 Å². The zero-order valence-corrected chi connectivity index (χ0v) is 13.3. The normalized spacial score (nSPS) is 19.3. The van der Waals surface area contributed by atoms with E-state index in [1.165, 1.54) is 12.1 Å². The van der Waals surface area contributed by atoms with Crippen LogP contribution in [0, 0.1) is 5.92 Å². The summed E-state index contributed by atoms with van der Waals surface area (Å²) in [6, 6.07) is 6.22. The van der Waals surface area contributed by atoms with Gasteiger partial charge in [0.1, 0.15) is 0 Å². The number of amides is 2. The second kappa shape index (κ2) is 6.47. The number of sulfone groups is 1. The van der Waals surface area contributed by atoms with Crippen molar-refractivity contribution in [2.75, 3.05) is 24.2 Å². The van der Waals surface area contributed by atoms with Crippen LogP contribution in [-0.2, 0) is 9.84 Å². The highest BCUT2D eigenvalue weighted by Gasteiger charge is 2.21. The summed E-state index contributed by atoms with van der Waals surface area (Å²) in [5, 5.41) is 2.82. The van der Waals surface area contributed by atoms with Gasteiger partial charge in [0, 0.05) is 18.8 Å². The molecular formula is C15H22N2O3S. The molecule has 1 fully saturated rings. The first-order valence-electron chi connectivity index (χ1n) is 7.31. The van der Waals surface area contributed by atoms with Crippen molar-refractivity contribution >= 4 is 21.6 Å². The fraction of sp³-hybridized carbons (Fsp3) is 0.533. The van der Waals surface area contributed by atoms with Crippen LogP contribution in [0.4, 0.5) is 10.5 Å². The summed E-state index contributed by atoms with van der Waals surface area (Å²) in [4.78, 5) is 14.2. The molecule has 0 unspecified atom stereocenters. The first-order valence-corrected chi connectivity index (χ1v) is 8.96. The maximum absolute atomic E-state index is 12.1. The van der Waals surface area contributed by atoms with Crippen LogP contribution >= 0.6 is 0 Å².